The topological polar surface area (TPSA) is 60.7 Å². The highest BCUT2D eigenvalue weighted by molar-refractivity contribution is 9.10. The fourth-order valence-corrected chi connectivity index (χ4v) is 2.84. The molecule has 0 aliphatic rings. The monoisotopic (exact) mass is 381 g/mol. The zero-order valence-corrected chi connectivity index (χ0v) is 15.0. The molecular weight excluding hydrogens is 362 g/mol. The minimum absolute atomic E-state index is 0.225. The van der Waals surface area contributed by atoms with Crippen LogP contribution in [0.25, 0.3) is 0 Å². The smallest absolute Gasteiger partial charge is 0.287 e. The van der Waals surface area contributed by atoms with E-state index in [1.54, 1.807) is 12.1 Å². The van der Waals surface area contributed by atoms with Gasteiger partial charge in [0, 0.05) is 4.47 Å². The summed E-state index contributed by atoms with van der Waals surface area (Å²) >= 11 is 3.53. The molecule has 1 heterocycles. The molecule has 1 aromatic carbocycles. The van der Waals surface area contributed by atoms with Gasteiger partial charge in [0.05, 0.1) is 25.5 Å². The van der Waals surface area contributed by atoms with Gasteiger partial charge in [-0.15, -0.1) is 0 Å². The molecule has 2 aromatic rings. The molecule has 0 unspecified atom stereocenters. The Morgan fingerprint density at radius 1 is 1.26 bits per heavy atom. The van der Waals surface area contributed by atoms with Gasteiger partial charge in [-0.25, -0.2) is 0 Å². The number of nitrogens with one attached hydrogen (secondary N) is 1. The molecule has 0 saturated heterocycles. The summed E-state index contributed by atoms with van der Waals surface area (Å²) in [5.74, 6) is 1.35. The lowest BCUT2D eigenvalue weighted by molar-refractivity contribution is 0.0911. The van der Waals surface area contributed by atoms with E-state index in [2.05, 4.69) is 21.2 Å². The van der Waals surface area contributed by atoms with Crippen molar-refractivity contribution < 1.29 is 18.7 Å². The van der Waals surface area contributed by atoms with Crippen LogP contribution in [0, 0.1) is 0 Å². The number of furan rings is 1. The summed E-state index contributed by atoms with van der Waals surface area (Å²) in [6.07, 6.45) is 1.47. The lowest BCUT2D eigenvalue weighted by atomic mass is 10.1. The van der Waals surface area contributed by atoms with E-state index < -0.39 is 0 Å². The van der Waals surface area contributed by atoms with E-state index in [1.807, 2.05) is 32.9 Å². The molecule has 1 aromatic heterocycles. The standard InChI is InChI=1S/C17H20BrNO4/c1-4-21-15-9-12(13(18)10-16(15)22-5-2)11(3)19-17(20)14-7-6-8-23-14/h6-11H,4-5H2,1-3H3,(H,19,20)/t11-/m0/s1. The number of rotatable bonds is 7. The molecule has 0 aliphatic heterocycles. The van der Waals surface area contributed by atoms with Gasteiger partial charge in [0.15, 0.2) is 17.3 Å². The van der Waals surface area contributed by atoms with Crippen LogP contribution in [-0.4, -0.2) is 19.1 Å². The van der Waals surface area contributed by atoms with E-state index in [-0.39, 0.29) is 17.7 Å². The third-order valence-electron chi connectivity index (χ3n) is 3.22. The van der Waals surface area contributed by atoms with Gasteiger partial charge in [0.1, 0.15) is 0 Å². The number of halogens is 1. The Morgan fingerprint density at radius 2 is 1.91 bits per heavy atom. The minimum atomic E-state index is -0.263. The molecule has 0 fully saturated rings. The molecule has 0 spiro atoms. The molecule has 5 nitrogen and oxygen atoms in total. The normalized spacial score (nSPS) is 11.8. The van der Waals surface area contributed by atoms with Crippen LogP contribution in [-0.2, 0) is 0 Å². The van der Waals surface area contributed by atoms with Crippen molar-refractivity contribution in [2.75, 3.05) is 13.2 Å². The average molecular weight is 382 g/mol. The van der Waals surface area contributed by atoms with Crippen LogP contribution < -0.4 is 14.8 Å². The third-order valence-corrected chi connectivity index (χ3v) is 3.91. The molecular formula is C17H20BrNO4. The minimum Gasteiger partial charge on any atom is -0.490 e. The predicted molar refractivity (Wildman–Crippen MR) is 91.1 cm³/mol. The number of hydrogen-bond donors (Lipinski definition) is 1. The summed E-state index contributed by atoms with van der Waals surface area (Å²) in [5, 5.41) is 2.90. The maximum atomic E-state index is 12.1. The van der Waals surface area contributed by atoms with E-state index in [0.717, 1.165) is 10.0 Å². The van der Waals surface area contributed by atoms with Crippen LogP contribution in [0.15, 0.2) is 39.4 Å². The SMILES string of the molecule is CCOc1cc(Br)c([C@H](C)NC(=O)c2ccco2)cc1OCC. The Labute approximate surface area is 144 Å². The van der Waals surface area contributed by atoms with Crippen LogP contribution in [0.3, 0.4) is 0 Å². The molecule has 0 saturated carbocycles. The molecule has 1 atom stereocenters. The lowest BCUT2D eigenvalue weighted by Gasteiger charge is -2.19. The van der Waals surface area contributed by atoms with Crippen molar-refractivity contribution in [1.29, 1.82) is 0 Å². The van der Waals surface area contributed by atoms with Gasteiger partial charge in [-0.3, -0.25) is 4.79 Å². The highest BCUT2D eigenvalue weighted by Gasteiger charge is 2.18. The second-order valence-corrected chi connectivity index (χ2v) is 5.71. The van der Waals surface area contributed by atoms with E-state index in [4.69, 9.17) is 13.9 Å². The first-order valence-electron chi connectivity index (χ1n) is 7.50. The van der Waals surface area contributed by atoms with Gasteiger partial charge < -0.3 is 19.2 Å². The second-order valence-electron chi connectivity index (χ2n) is 4.86. The lowest BCUT2D eigenvalue weighted by Crippen LogP contribution is -2.26. The van der Waals surface area contributed by atoms with Gasteiger partial charge in [0.25, 0.3) is 5.91 Å². The van der Waals surface area contributed by atoms with Crippen molar-refractivity contribution in [1.82, 2.24) is 5.32 Å². The summed E-state index contributed by atoms with van der Waals surface area (Å²) < 4.78 is 17.2. The van der Waals surface area contributed by atoms with Gasteiger partial charge in [0.2, 0.25) is 0 Å². The fourth-order valence-electron chi connectivity index (χ4n) is 2.17. The van der Waals surface area contributed by atoms with Gasteiger partial charge in [-0.2, -0.15) is 0 Å². The molecule has 6 heteroatoms. The first kappa shape index (κ1) is 17.4. The number of carbonyl (C=O) groups is 1. The number of carbonyl (C=O) groups excluding carboxylic acids is 1. The van der Waals surface area contributed by atoms with Crippen LogP contribution >= 0.6 is 15.9 Å². The zero-order valence-electron chi connectivity index (χ0n) is 13.4. The van der Waals surface area contributed by atoms with Gasteiger partial charge in [-0.05, 0) is 50.6 Å². The van der Waals surface area contributed by atoms with E-state index in [0.29, 0.717) is 24.7 Å². The van der Waals surface area contributed by atoms with Crippen molar-refractivity contribution in [3.05, 3.63) is 46.3 Å². The quantitative estimate of drug-likeness (QED) is 0.774. The van der Waals surface area contributed by atoms with Crippen molar-refractivity contribution in [3.63, 3.8) is 0 Å². The Morgan fingerprint density at radius 3 is 2.48 bits per heavy atom. The number of ether oxygens (including phenoxy) is 2. The largest absolute Gasteiger partial charge is 0.490 e. The number of hydrogen-bond acceptors (Lipinski definition) is 4. The summed E-state index contributed by atoms with van der Waals surface area (Å²) in [7, 11) is 0. The van der Waals surface area contributed by atoms with Gasteiger partial charge in [-0.1, -0.05) is 15.9 Å². The average Bonchev–Trinajstić information content (AvgIpc) is 3.04. The third kappa shape index (κ3) is 4.28. The molecule has 1 N–H and O–H groups in total. The maximum absolute atomic E-state index is 12.1. The molecule has 0 aliphatic carbocycles. The van der Waals surface area contributed by atoms with Crippen molar-refractivity contribution in [3.8, 4) is 11.5 Å². The predicted octanol–water partition coefficient (Wildman–Crippen LogP) is 4.33. The first-order chi connectivity index (χ1) is 11.1. The maximum Gasteiger partial charge on any atom is 0.287 e. The van der Waals surface area contributed by atoms with Gasteiger partial charge >= 0.3 is 0 Å². The van der Waals surface area contributed by atoms with Crippen LogP contribution in [0.2, 0.25) is 0 Å². The first-order valence-corrected chi connectivity index (χ1v) is 8.29. The van der Waals surface area contributed by atoms with Crippen LogP contribution in [0.4, 0.5) is 0 Å². The van der Waals surface area contributed by atoms with E-state index in [1.165, 1.54) is 6.26 Å². The Hall–Kier alpha value is -1.95. The summed E-state index contributed by atoms with van der Waals surface area (Å²) in [5.41, 5.74) is 0.900. The summed E-state index contributed by atoms with van der Waals surface area (Å²) in [4.78, 5) is 12.1. The van der Waals surface area contributed by atoms with E-state index in [9.17, 15) is 4.79 Å². The second kappa shape index (κ2) is 8.06. The highest BCUT2D eigenvalue weighted by Crippen LogP contribution is 2.36. The van der Waals surface area contributed by atoms with Crippen molar-refractivity contribution in [2.24, 2.45) is 0 Å². The molecule has 0 bridgehead atoms. The fraction of sp³-hybridized carbons (Fsp3) is 0.353. The molecule has 23 heavy (non-hydrogen) atoms. The Kier molecular flexibility index (Phi) is 6.10. The Balaban J connectivity index is 2.23. The molecule has 2 rings (SSSR count). The number of benzene rings is 1. The zero-order chi connectivity index (χ0) is 16.8. The van der Waals surface area contributed by atoms with E-state index >= 15 is 0 Å². The van der Waals surface area contributed by atoms with Crippen molar-refractivity contribution in [2.45, 2.75) is 26.8 Å². The Bertz CT molecular complexity index is 655. The number of amides is 1. The summed E-state index contributed by atoms with van der Waals surface area (Å²) in [6, 6.07) is 6.82. The molecule has 0 radical (unpaired) electrons. The highest BCUT2D eigenvalue weighted by atomic mass is 79.9. The van der Waals surface area contributed by atoms with Crippen molar-refractivity contribution >= 4 is 21.8 Å². The van der Waals surface area contributed by atoms with Crippen LogP contribution in [0.1, 0.15) is 42.9 Å². The molecule has 1 amide bonds. The summed E-state index contributed by atoms with van der Waals surface area (Å²) in [6.45, 7) is 6.82. The van der Waals surface area contributed by atoms with Crippen LogP contribution in [0.5, 0.6) is 11.5 Å². The molecule has 124 valence electrons.